The van der Waals surface area contributed by atoms with Crippen molar-refractivity contribution < 1.29 is 19.1 Å². The zero-order valence-corrected chi connectivity index (χ0v) is 11.6. The molecule has 19 heavy (non-hydrogen) atoms. The van der Waals surface area contributed by atoms with Crippen LogP contribution in [-0.4, -0.2) is 26.2 Å². The number of carbonyl (C=O) groups is 2. The van der Waals surface area contributed by atoms with E-state index < -0.39 is 0 Å². The van der Waals surface area contributed by atoms with Crippen molar-refractivity contribution in [2.75, 3.05) is 14.2 Å². The van der Waals surface area contributed by atoms with E-state index in [9.17, 15) is 9.59 Å². The van der Waals surface area contributed by atoms with Crippen molar-refractivity contribution >= 4 is 34.0 Å². The summed E-state index contributed by atoms with van der Waals surface area (Å²) >= 11 is 1.46. The highest BCUT2D eigenvalue weighted by Gasteiger charge is 2.16. The molecule has 0 spiro atoms. The van der Waals surface area contributed by atoms with Crippen LogP contribution < -0.4 is 0 Å². The van der Waals surface area contributed by atoms with Crippen molar-refractivity contribution in [3.05, 3.63) is 34.0 Å². The Balaban J connectivity index is 2.42. The number of benzene rings is 1. The molecule has 0 bridgehead atoms. The molecule has 100 valence electrons. The Kier molecular flexibility index (Phi) is 4.16. The zero-order chi connectivity index (χ0) is 13.8. The SMILES string of the molecule is COC(=O)Cc1sc(CC(=O)OC)c2ccccc12. The highest BCUT2D eigenvalue weighted by molar-refractivity contribution is 7.14. The summed E-state index contributed by atoms with van der Waals surface area (Å²) in [4.78, 5) is 24.6. The summed E-state index contributed by atoms with van der Waals surface area (Å²) in [5, 5.41) is 1.99. The minimum Gasteiger partial charge on any atom is -0.469 e. The van der Waals surface area contributed by atoms with Crippen LogP contribution in [-0.2, 0) is 31.9 Å². The number of hydrogen-bond acceptors (Lipinski definition) is 5. The lowest BCUT2D eigenvalue weighted by atomic mass is 10.1. The molecule has 1 aromatic carbocycles. The molecule has 1 aromatic heterocycles. The molecule has 0 unspecified atom stereocenters. The molecule has 5 heteroatoms. The van der Waals surface area contributed by atoms with E-state index in [-0.39, 0.29) is 24.8 Å². The Morgan fingerprint density at radius 2 is 1.37 bits per heavy atom. The van der Waals surface area contributed by atoms with E-state index in [0.717, 1.165) is 20.5 Å². The first-order valence-corrected chi connectivity index (χ1v) is 6.60. The van der Waals surface area contributed by atoms with Gasteiger partial charge in [0.05, 0.1) is 27.1 Å². The minimum atomic E-state index is -0.281. The van der Waals surface area contributed by atoms with E-state index in [0.29, 0.717) is 0 Å². The Morgan fingerprint density at radius 3 is 1.74 bits per heavy atom. The number of esters is 2. The van der Waals surface area contributed by atoms with Gasteiger partial charge >= 0.3 is 11.9 Å². The van der Waals surface area contributed by atoms with Gasteiger partial charge in [-0.05, 0) is 10.8 Å². The van der Waals surface area contributed by atoms with Crippen molar-refractivity contribution in [3.63, 3.8) is 0 Å². The number of fused-ring (bicyclic) bond motifs is 1. The van der Waals surface area contributed by atoms with Gasteiger partial charge in [0.2, 0.25) is 0 Å². The molecule has 0 fully saturated rings. The minimum absolute atomic E-state index is 0.225. The molecule has 0 amide bonds. The predicted molar refractivity (Wildman–Crippen MR) is 73.3 cm³/mol. The summed E-state index contributed by atoms with van der Waals surface area (Å²) in [5.41, 5.74) is 0. The number of ether oxygens (including phenoxy) is 2. The molecule has 1 heterocycles. The van der Waals surface area contributed by atoms with Gasteiger partial charge in [-0.3, -0.25) is 9.59 Å². The molecule has 0 aliphatic carbocycles. The van der Waals surface area contributed by atoms with Crippen LogP contribution >= 0.6 is 11.3 Å². The molecule has 0 atom stereocenters. The average Bonchev–Trinajstić information content (AvgIpc) is 2.77. The van der Waals surface area contributed by atoms with Crippen molar-refractivity contribution in [1.82, 2.24) is 0 Å². The standard InChI is InChI=1S/C14H14O4S/c1-17-13(15)7-11-9-5-3-4-6-10(9)12(19-11)8-14(16)18-2/h3-6H,7-8H2,1-2H3. The molecule has 0 aliphatic heterocycles. The van der Waals surface area contributed by atoms with Gasteiger partial charge < -0.3 is 9.47 Å². The lowest BCUT2D eigenvalue weighted by Gasteiger charge is -1.97. The van der Waals surface area contributed by atoms with Crippen LogP contribution in [0.25, 0.3) is 10.8 Å². The summed E-state index contributed by atoms with van der Waals surface area (Å²) in [6.07, 6.45) is 0.450. The van der Waals surface area contributed by atoms with Crippen LogP contribution in [0, 0.1) is 0 Å². The number of hydrogen-bond donors (Lipinski definition) is 0. The van der Waals surface area contributed by atoms with Gasteiger partial charge in [0.15, 0.2) is 0 Å². The number of methoxy groups -OCH3 is 2. The van der Waals surface area contributed by atoms with Gasteiger partial charge in [-0.15, -0.1) is 11.3 Å². The summed E-state index contributed by atoms with van der Waals surface area (Å²) in [6.45, 7) is 0. The van der Waals surface area contributed by atoms with Crippen LogP contribution in [0.1, 0.15) is 9.75 Å². The fourth-order valence-corrected chi connectivity index (χ4v) is 3.15. The van der Waals surface area contributed by atoms with Crippen LogP contribution in [0.5, 0.6) is 0 Å². The third kappa shape index (κ3) is 2.93. The maximum atomic E-state index is 11.4. The van der Waals surface area contributed by atoms with E-state index in [4.69, 9.17) is 9.47 Å². The first-order valence-electron chi connectivity index (χ1n) is 5.78. The van der Waals surface area contributed by atoms with Crippen LogP contribution in [0.2, 0.25) is 0 Å². The molecule has 2 rings (SSSR count). The van der Waals surface area contributed by atoms with Crippen molar-refractivity contribution in [3.8, 4) is 0 Å². The highest BCUT2D eigenvalue weighted by Crippen LogP contribution is 2.32. The molecule has 0 radical (unpaired) electrons. The molecular weight excluding hydrogens is 264 g/mol. The number of carbonyl (C=O) groups excluding carboxylic acids is 2. The quantitative estimate of drug-likeness (QED) is 0.805. The molecule has 0 saturated carbocycles. The number of rotatable bonds is 4. The third-order valence-electron chi connectivity index (χ3n) is 2.84. The van der Waals surface area contributed by atoms with Gasteiger partial charge in [-0.2, -0.15) is 0 Å². The van der Waals surface area contributed by atoms with Gasteiger partial charge in [-0.1, -0.05) is 24.3 Å². The molecular formula is C14H14O4S. The molecule has 4 nitrogen and oxygen atoms in total. The molecule has 0 N–H and O–H groups in total. The molecule has 0 saturated heterocycles. The number of thiophene rings is 1. The van der Waals surface area contributed by atoms with E-state index in [1.54, 1.807) is 0 Å². The maximum absolute atomic E-state index is 11.4. The van der Waals surface area contributed by atoms with Crippen LogP contribution in [0.3, 0.4) is 0 Å². The summed E-state index contributed by atoms with van der Waals surface area (Å²) in [7, 11) is 2.74. The van der Waals surface area contributed by atoms with Crippen molar-refractivity contribution in [1.29, 1.82) is 0 Å². The Bertz CT molecular complexity index is 563. The smallest absolute Gasteiger partial charge is 0.310 e. The largest absolute Gasteiger partial charge is 0.469 e. The Labute approximate surface area is 114 Å². The van der Waals surface area contributed by atoms with Gasteiger partial charge in [0, 0.05) is 9.75 Å². The second-order valence-electron chi connectivity index (χ2n) is 4.00. The van der Waals surface area contributed by atoms with E-state index in [1.165, 1.54) is 25.6 Å². The second kappa shape index (κ2) is 5.84. The fourth-order valence-electron chi connectivity index (χ4n) is 1.90. The van der Waals surface area contributed by atoms with Crippen LogP contribution in [0.4, 0.5) is 0 Å². The predicted octanol–water partition coefficient (Wildman–Crippen LogP) is 2.33. The first kappa shape index (κ1) is 13.5. The topological polar surface area (TPSA) is 52.6 Å². The Hall–Kier alpha value is -1.88. The van der Waals surface area contributed by atoms with Crippen molar-refractivity contribution in [2.24, 2.45) is 0 Å². The van der Waals surface area contributed by atoms with Gasteiger partial charge in [0.25, 0.3) is 0 Å². The zero-order valence-electron chi connectivity index (χ0n) is 10.8. The fraction of sp³-hybridized carbons (Fsp3) is 0.286. The van der Waals surface area contributed by atoms with Gasteiger partial charge in [0.1, 0.15) is 0 Å². The highest BCUT2D eigenvalue weighted by atomic mass is 32.1. The Morgan fingerprint density at radius 1 is 0.947 bits per heavy atom. The summed E-state index contributed by atoms with van der Waals surface area (Å²) in [6, 6.07) is 7.73. The molecule has 0 aliphatic rings. The second-order valence-corrected chi connectivity index (χ2v) is 5.19. The molecule has 2 aromatic rings. The normalized spacial score (nSPS) is 10.4. The maximum Gasteiger partial charge on any atom is 0.310 e. The third-order valence-corrected chi connectivity index (χ3v) is 4.06. The monoisotopic (exact) mass is 278 g/mol. The lowest BCUT2D eigenvalue weighted by molar-refractivity contribution is -0.140. The lowest BCUT2D eigenvalue weighted by Crippen LogP contribution is -2.03. The van der Waals surface area contributed by atoms with E-state index >= 15 is 0 Å². The first-order chi connectivity index (χ1) is 9.15. The summed E-state index contributed by atoms with van der Waals surface area (Å²) in [5.74, 6) is -0.562. The van der Waals surface area contributed by atoms with E-state index in [1.807, 2.05) is 24.3 Å². The van der Waals surface area contributed by atoms with Crippen molar-refractivity contribution in [2.45, 2.75) is 12.8 Å². The van der Waals surface area contributed by atoms with E-state index in [2.05, 4.69) is 0 Å². The van der Waals surface area contributed by atoms with Gasteiger partial charge in [-0.25, -0.2) is 0 Å². The average molecular weight is 278 g/mol. The summed E-state index contributed by atoms with van der Waals surface area (Å²) < 4.78 is 9.38. The van der Waals surface area contributed by atoms with Crippen LogP contribution in [0.15, 0.2) is 24.3 Å².